The van der Waals surface area contributed by atoms with E-state index in [1.807, 2.05) is 97.1 Å². The molecule has 0 atom stereocenters. The van der Waals surface area contributed by atoms with Crippen LogP contribution in [0.2, 0.25) is 0 Å². The van der Waals surface area contributed by atoms with Gasteiger partial charge in [-0.3, -0.25) is 0 Å². The van der Waals surface area contributed by atoms with Crippen molar-refractivity contribution in [1.29, 1.82) is 0 Å². The van der Waals surface area contributed by atoms with E-state index in [9.17, 15) is 0 Å². The molecule has 8 aromatic heterocycles. The summed E-state index contributed by atoms with van der Waals surface area (Å²) in [7, 11) is -9.11. The summed E-state index contributed by atoms with van der Waals surface area (Å²) in [4.78, 5) is 32.6. The second-order valence-corrected chi connectivity index (χ2v) is 15.5. The molecule has 378 valence electrons. The molecule has 0 spiro atoms. The van der Waals surface area contributed by atoms with Crippen LogP contribution in [0.1, 0.15) is 0 Å². The van der Waals surface area contributed by atoms with Gasteiger partial charge in [-0.2, -0.15) is 0 Å². The van der Waals surface area contributed by atoms with Crippen molar-refractivity contribution >= 4 is 120 Å². The van der Waals surface area contributed by atoms with Crippen molar-refractivity contribution in [3.63, 3.8) is 0 Å². The normalized spacial score (nSPS) is 9.84. The first kappa shape index (κ1) is 58.7. The van der Waals surface area contributed by atoms with Crippen LogP contribution in [0, 0.1) is 0 Å². The van der Waals surface area contributed by atoms with Gasteiger partial charge in [-0.05, 0) is 130 Å². The lowest BCUT2D eigenvalue weighted by molar-refractivity contribution is 0.423. The first-order chi connectivity index (χ1) is 36.7. The van der Waals surface area contributed by atoms with Gasteiger partial charge in [0.2, 0.25) is 0 Å². The smallest absolute Gasteiger partial charge is 0.423 e. The van der Waals surface area contributed by atoms with Crippen LogP contribution in [0.15, 0.2) is 219 Å². The van der Waals surface area contributed by atoms with E-state index in [4.69, 9.17) is 60.3 Å². The third-order valence-corrected chi connectivity index (χ3v) is 10.1. The van der Waals surface area contributed by atoms with Gasteiger partial charge in [0, 0.05) is 71.1 Å². The number of nitrogens with zero attached hydrogens (tertiary/aromatic N) is 8. The molecule has 0 saturated carbocycles. The lowest BCUT2D eigenvalue weighted by Gasteiger charge is -2.01. The number of fused-ring (bicyclic) bond motifs is 4. The minimum Gasteiger partial charge on any atom is -0.423 e. The van der Waals surface area contributed by atoms with Crippen molar-refractivity contribution in [3.05, 3.63) is 219 Å². The van der Waals surface area contributed by atoms with Crippen LogP contribution in [-0.2, 0) is 0 Å². The fraction of sp³-hybridized carbons (Fsp3) is 0. The van der Waals surface area contributed by atoms with Gasteiger partial charge in [0.05, 0.1) is 0 Å². The van der Waals surface area contributed by atoms with Crippen molar-refractivity contribution in [2.24, 2.45) is 0 Å². The van der Waals surface area contributed by atoms with Gasteiger partial charge in [0.1, 0.15) is 0 Å². The Labute approximate surface area is 437 Å². The molecule has 0 aliphatic rings. The molecule has 8 heterocycles. The summed E-state index contributed by atoms with van der Waals surface area (Å²) < 4.78 is 0. The zero-order chi connectivity index (χ0) is 54.7. The Balaban J connectivity index is 0.000000164. The summed E-state index contributed by atoms with van der Waals surface area (Å²) >= 11 is 0. The minimum atomic E-state index is -1.52. The largest absolute Gasteiger partial charge is 0.488 e. The average Bonchev–Trinajstić information content (AvgIpc) is 3.46. The lowest BCUT2D eigenvalue weighted by atomic mass is 9.75. The van der Waals surface area contributed by atoms with E-state index in [2.05, 4.69) is 39.9 Å². The molecule has 0 saturated heterocycles. The molecule has 0 aliphatic heterocycles. The van der Waals surface area contributed by atoms with Crippen LogP contribution >= 0.6 is 0 Å². The Hall–Kier alpha value is -8.19. The Morgan fingerprint density at radius 2 is 0.303 bits per heavy atom. The molecule has 12 N–H and O–H groups in total. The number of benzene rings is 3. The zero-order valence-electron chi connectivity index (χ0n) is 40.2. The molecule has 11 aromatic rings. The number of pyridine rings is 8. The summed E-state index contributed by atoms with van der Waals surface area (Å²) in [6.07, 6.45) is 14.0. The maximum Gasteiger partial charge on any atom is 0.488 e. The van der Waals surface area contributed by atoms with E-state index in [0.717, 1.165) is 44.1 Å². The Morgan fingerprint density at radius 3 is 0.395 bits per heavy atom. The number of hydrogen-bond acceptors (Lipinski definition) is 20. The van der Waals surface area contributed by atoms with E-state index >= 15 is 0 Å². The van der Waals surface area contributed by atoms with Crippen LogP contribution in [0.3, 0.4) is 0 Å². The van der Waals surface area contributed by atoms with Gasteiger partial charge in [-0.15, -0.1) is 0 Å². The average molecular weight is 1020 g/mol. The van der Waals surface area contributed by atoms with Crippen molar-refractivity contribution in [2.75, 3.05) is 0 Å². The summed E-state index contributed by atoms with van der Waals surface area (Å²) in [6, 6.07) is 48.2. The first-order valence-electron chi connectivity index (χ1n) is 22.8. The van der Waals surface area contributed by atoms with Gasteiger partial charge < -0.3 is 60.3 Å². The molecule has 0 bridgehead atoms. The summed E-state index contributed by atoms with van der Waals surface area (Å²) in [5.74, 6) is 0. The molecule has 0 unspecified atom stereocenters. The Bertz CT molecular complexity index is 2650. The van der Waals surface area contributed by atoms with Crippen molar-refractivity contribution < 1.29 is 60.3 Å². The summed E-state index contributed by atoms with van der Waals surface area (Å²) in [5.41, 5.74) is 5.15. The van der Waals surface area contributed by atoms with Gasteiger partial charge in [0.25, 0.3) is 0 Å². The highest BCUT2D eigenvalue weighted by atomic mass is 16.4. The van der Waals surface area contributed by atoms with Crippen LogP contribution in [0.4, 0.5) is 0 Å². The van der Waals surface area contributed by atoms with Gasteiger partial charge in [0.15, 0.2) is 22.6 Å². The zero-order valence-corrected chi connectivity index (χ0v) is 40.2. The monoisotopic (exact) mass is 1020 g/mol. The van der Waals surface area contributed by atoms with E-state index in [0.29, 0.717) is 32.8 Å². The molecular weight excluding hydrogens is 969 g/mol. The van der Waals surface area contributed by atoms with Crippen molar-refractivity contribution in [2.45, 2.75) is 0 Å². The predicted molar refractivity (Wildman–Crippen MR) is 296 cm³/mol. The third kappa shape index (κ3) is 19.9. The minimum absolute atomic E-state index is 0.319. The number of hydrogen-bond donors (Lipinski definition) is 12. The van der Waals surface area contributed by atoms with Crippen LogP contribution in [0.5, 0.6) is 0 Å². The SMILES string of the molecule is OB(O)c1ccc(B(O)O)cc1.OB(O)c1ccc(B(O)O)cc1.OB(O)c1ccc(B(O)O)cc1.c1cnc2ncccc2c1.c1cnc2ncccc2c1.c1cnc2ncccc2c1.c1cnc2ncccc2c1. The van der Waals surface area contributed by atoms with Gasteiger partial charge in [-0.25, -0.2) is 39.9 Å². The second-order valence-electron chi connectivity index (χ2n) is 15.5. The highest BCUT2D eigenvalue weighted by molar-refractivity contribution is 6.62. The quantitative estimate of drug-likeness (QED) is 0.0777. The molecule has 0 amide bonds. The number of aromatic nitrogens is 8. The molecule has 0 fully saturated rings. The Morgan fingerprint density at radius 1 is 0.184 bits per heavy atom. The molecule has 11 rings (SSSR count). The third-order valence-electron chi connectivity index (χ3n) is 10.1. The van der Waals surface area contributed by atoms with Gasteiger partial charge >= 0.3 is 42.7 Å². The highest BCUT2D eigenvalue weighted by Gasteiger charge is 2.16. The van der Waals surface area contributed by atoms with Crippen LogP contribution in [0.25, 0.3) is 44.1 Å². The summed E-state index contributed by atoms with van der Waals surface area (Å²) in [5, 5.41) is 109. The maximum absolute atomic E-state index is 8.68. The molecule has 0 radical (unpaired) electrons. The molecule has 0 aliphatic carbocycles. The molecule has 76 heavy (non-hydrogen) atoms. The standard InChI is InChI=1S/4C8H6N2.3C6H8B2O4/c4*1-3-7-4-2-6-10-8(7)9-5-1;3*9-7(10)5-1-2-6(4-3-5)8(11)12/h4*1-6H;3*1-4,9-12H. The molecule has 3 aromatic carbocycles. The molecule has 26 heteroatoms. The highest BCUT2D eigenvalue weighted by Crippen LogP contribution is 2.07. The fourth-order valence-electron chi connectivity index (χ4n) is 6.15. The van der Waals surface area contributed by atoms with E-state index in [-0.39, 0.29) is 0 Å². The second kappa shape index (κ2) is 31.5. The van der Waals surface area contributed by atoms with E-state index in [1.165, 1.54) is 72.8 Å². The van der Waals surface area contributed by atoms with Crippen molar-refractivity contribution in [3.8, 4) is 0 Å². The van der Waals surface area contributed by atoms with E-state index < -0.39 is 42.7 Å². The number of rotatable bonds is 6. The fourth-order valence-corrected chi connectivity index (χ4v) is 6.15. The first-order valence-corrected chi connectivity index (χ1v) is 22.8. The molecular formula is C50H48B6N8O12. The Kier molecular flexibility index (Phi) is 24.3. The topological polar surface area (TPSA) is 346 Å². The van der Waals surface area contributed by atoms with E-state index in [1.54, 1.807) is 49.6 Å². The lowest BCUT2D eigenvalue weighted by Crippen LogP contribution is -2.34. The van der Waals surface area contributed by atoms with Crippen LogP contribution in [-0.4, -0.2) is 143 Å². The maximum atomic E-state index is 8.68. The van der Waals surface area contributed by atoms with Crippen molar-refractivity contribution in [1.82, 2.24) is 39.9 Å². The van der Waals surface area contributed by atoms with Crippen LogP contribution < -0.4 is 32.8 Å². The summed E-state index contributed by atoms with van der Waals surface area (Å²) in [6.45, 7) is 0. The predicted octanol–water partition coefficient (Wildman–Crippen LogP) is -2.34. The molecule has 20 nitrogen and oxygen atoms in total. The van der Waals surface area contributed by atoms with Gasteiger partial charge in [-0.1, -0.05) is 72.8 Å².